The fourth-order valence-corrected chi connectivity index (χ4v) is 5.76. The summed E-state index contributed by atoms with van der Waals surface area (Å²) in [5, 5.41) is 6.63. The Morgan fingerprint density at radius 1 is 1.00 bits per heavy atom. The zero-order chi connectivity index (χ0) is 25.8. The van der Waals surface area contributed by atoms with Gasteiger partial charge in [-0.3, -0.25) is 9.59 Å². The number of carbonyl (C=O) groups excluding carboxylic acids is 2. The minimum absolute atomic E-state index is 0.0382. The molecule has 3 saturated heterocycles. The molecule has 7 nitrogen and oxygen atoms in total. The molecule has 0 spiro atoms. The highest BCUT2D eigenvalue weighted by Gasteiger charge is 2.38. The predicted octanol–water partition coefficient (Wildman–Crippen LogP) is 2.62. The van der Waals surface area contributed by atoms with Crippen LogP contribution in [0.1, 0.15) is 59.5 Å². The molecule has 0 aromatic heterocycles. The normalized spacial score (nSPS) is 25.4. The number of nitrogens with zero attached hydrogens (tertiary/aromatic N) is 2. The van der Waals surface area contributed by atoms with Crippen LogP contribution in [-0.2, 0) is 11.3 Å². The fraction of sp³-hybridized carbons (Fsp3) is 0.517. The molecule has 0 radical (unpaired) electrons. The van der Waals surface area contributed by atoms with Crippen molar-refractivity contribution in [2.75, 3.05) is 32.7 Å². The first-order valence-electron chi connectivity index (χ1n) is 13.6. The van der Waals surface area contributed by atoms with Crippen LogP contribution in [0, 0.1) is 5.82 Å². The Morgan fingerprint density at radius 2 is 1.73 bits per heavy atom. The van der Waals surface area contributed by atoms with E-state index in [4.69, 9.17) is 5.73 Å². The first-order chi connectivity index (χ1) is 18.0. The largest absolute Gasteiger partial charge is 0.340 e. The molecule has 1 aliphatic carbocycles. The van der Waals surface area contributed by atoms with E-state index >= 15 is 0 Å². The van der Waals surface area contributed by atoms with Gasteiger partial charge in [-0.15, -0.1) is 0 Å². The van der Waals surface area contributed by atoms with E-state index in [1.54, 1.807) is 12.1 Å². The van der Waals surface area contributed by atoms with E-state index in [-0.39, 0.29) is 23.7 Å². The third-order valence-electron chi connectivity index (χ3n) is 8.16. The number of halogens is 1. The number of piperidine rings is 1. The lowest BCUT2D eigenvalue weighted by atomic mass is 10.0. The number of hydrogen-bond donors (Lipinski definition) is 3. The fourth-order valence-electron chi connectivity index (χ4n) is 5.76. The molecule has 4 aliphatic rings. The van der Waals surface area contributed by atoms with Crippen LogP contribution in [0.5, 0.6) is 0 Å². The van der Waals surface area contributed by atoms with E-state index in [9.17, 15) is 14.0 Å². The van der Waals surface area contributed by atoms with Crippen molar-refractivity contribution in [2.45, 2.75) is 62.7 Å². The van der Waals surface area contributed by atoms with Crippen LogP contribution < -0.4 is 16.4 Å². The molecule has 4 N–H and O–H groups in total. The van der Waals surface area contributed by atoms with Gasteiger partial charge in [0, 0.05) is 56.3 Å². The number of benzene rings is 2. The summed E-state index contributed by atoms with van der Waals surface area (Å²) in [6.07, 6.45) is 4.40. The zero-order valence-electron chi connectivity index (χ0n) is 21.4. The molecule has 0 unspecified atom stereocenters. The van der Waals surface area contributed by atoms with Crippen LogP contribution in [0.25, 0.3) is 0 Å². The summed E-state index contributed by atoms with van der Waals surface area (Å²) in [4.78, 5) is 31.3. The second-order valence-corrected chi connectivity index (χ2v) is 10.6. The van der Waals surface area contributed by atoms with Gasteiger partial charge in [0.05, 0.1) is 0 Å². The molecule has 37 heavy (non-hydrogen) atoms. The topological polar surface area (TPSA) is 90.7 Å². The summed E-state index contributed by atoms with van der Waals surface area (Å²) in [6, 6.07) is 14.1. The minimum Gasteiger partial charge on any atom is -0.340 e. The molecule has 2 bridgehead atoms. The van der Waals surface area contributed by atoms with Crippen molar-refractivity contribution >= 4 is 11.8 Å². The smallest absolute Gasteiger partial charge is 0.251 e. The Balaban J connectivity index is 1.19. The van der Waals surface area contributed by atoms with Gasteiger partial charge in [0.25, 0.3) is 5.91 Å². The summed E-state index contributed by atoms with van der Waals surface area (Å²) in [5.74, 6) is 0.0148. The Labute approximate surface area is 218 Å². The second-order valence-electron chi connectivity index (χ2n) is 10.6. The molecule has 2 aromatic carbocycles. The highest BCUT2D eigenvalue weighted by molar-refractivity contribution is 5.97. The second kappa shape index (κ2) is 11.7. The van der Waals surface area contributed by atoms with Crippen molar-refractivity contribution in [1.82, 2.24) is 20.4 Å². The Bertz CT molecular complexity index is 1070. The van der Waals surface area contributed by atoms with Crippen LogP contribution in [0.15, 0.2) is 48.5 Å². The van der Waals surface area contributed by atoms with Gasteiger partial charge in [0.1, 0.15) is 11.9 Å². The molecule has 2 aromatic rings. The maximum Gasteiger partial charge on any atom is 0.251 e. The van der Waals surface area contributed by atoms with E-state index in [0.717, 1.165) is 69.5 Å². The number of hydrogen-bond acceptors (Lipinski definition) is 5. The van der Waals surface area contributed by atoms with Gasteiger partial charge in [0.2, 0.25) is 5.91 Å². The lowest BCUT2D eigenvalue weighted by molar-refractivity contribution is -0.135. The first kappa shape index (κ1) is 25.8. The number of nitrogens with one attached hydrogen (secondary N) is 2. The molecule has 3 aliphatic heterocycles. The Kier molecular flexibility index (Phi) is 8.17. The van der Waals surface area contributed by atoms with Gasteiger partial charge < -0.3 is 26.2 Å². The van der Waals surface area contributed by atoms with E-state index < -0.39 is 6.04 Å². The van der Waals surface area contributed by atoms with Gasteiger partial charge in [-0.05, 0) is 74.0 Å². The van der Waals surface area contributed by atoms with Gasteiger partial charge in [-0.1, -0.05) is 24.3 Å². The van der Waals surface area contributed by atoms with Gasteiger partial charge in [-0.2, -0.15) is 0 Å². The molecule has 2 amide bonds. The number of fused-ring (bicyclic) bond motifs is 4. The first-order valence-corrected chi connectivity index (χ1v) is 13.6. The molecular formula is C29H38FN5O2. The Hall–Kier alpha value is -2.81. The summed E-state index contributed by atoms with van der Waals surface area (Å²) in [7, 11) is 0. The molecule has 8 heteroatoms. The maximum atomic E-state index is 13.7. The van der Waals surface area contributed by atoms with Crippen LogP contribution in [0.2, 0.25) is 0 Å². The molecule has 4 fully saturated rings. The van der Waals surface area contributed by atoms with Crippen molar-refractivity contribution in [3.63, 3.8) is 0 Å². The van der Waals surface area contributed by atoms with Crippen molar-refractivity contribution in [3.8, 4) is 0 Å². The summed E-state index contributed by atoms with van der Waals surface area (Å²) < 4.78 is 13.2. The van der Waals surface area contributed by atoms with Crippen LogP contribution in [0.4, 0.5) is 4.39 Å². The van der Waals surface area contributed by atoms with Crippen molar-refractivity contribution in [1.29, 1.82) is 0 Å². The van der Waals surface area contributed by atoms with Crippen molar-refractivity contribution in [3.05, 3.63) is 71.0 Å². The predicted molar refractivity (Wildman–Crippen MR) is 142 cm³/mol. The van der Waals surface area contributed by atoms with E-state index in [0.29, 0.717) is 30.5 Å². The summed E-state index contributed by atoms with van der Waals surface area (Å²) in [5.41, 5.74) is 8.35. The van der Waals surface area contributed by atoms with Gasteiger partial charge in [-0.25, -0.2) is 4.39 Å². The molecule has 1 saturated carbocycles. The van der Waals surface area contributed by atoms with Gasteiger partial charge >= 0.3 is 0 Å². The van der Waals surface area contributed by atoms with Crippen LogP contribution >= 0.6 is 0 Å². The third-order valence-corrected chi connectivity index (χ3v) is 8.16. The molecular weight excluding hydrogens is 469 g/mol. The molecule has 6 rings (SSSR count). The maximum absolute atomic E-state index is 13.7. The number of rotatable bonds is 10. The highest BCUT2D eigenvalue weighted by atomic mass is 19.1. The summed E-state index contributed by atoms with van der Waals surface area (Å²) in [6.45, 7) is 4.90. The average Bonchev–Trinajstić information content (AvgIpc) is 3.75. The number of carbonyl (C=O) groups is 2. The number of nitrogens with two attached hydrogens (primary N) is 1. The van der Waals surface area contributed by atoms with Crippen LogP contribution in [0.3, 0.4) is 0 Å². The number of amides is 2. The van der Waals surface area contributed by atoms with Crippen molar-refractivity contribution in [2.24, 2.45) is 5.73 Å². The molecule has 198 valence electrons. The van der Waals surface area contributed by atoms with Crippen LogP contribution in [-0.4, -0.2) is 72.5 Å². The van der Waals surface area contributed by atoms with E-state index in [1.165, 1.54) is 12.1 Å². The Morgan fingerprint density at radius 3 is 2.43 bits per heavy atom. The third kappa shape index (κ3) is 6.37. The lowest BCUT2D eigenvalue weighted by Gasteiger charge is -2.34. The van der Waals surface area contributed by atoms with E-state index in [2.05, 4.69) is 15.5 Å². The zero-order valence-corrected chi connectivity index (χ0v) is 21.4. The average molecular weight is 508 g/mol. The SMILES string of the molecule is NCc1ccc(C(=O)N[C@@H](CCCN[C@@H]2C[C@H]2c2ccc(F)cc2)C(=O)N2CCN3CCC2CC3)cc1. The quantitative estimate of drug-likeness (QED) is 0.430. The standard InChI is InChI=1S/C29H38FN5O2/c30-23-9-7-21(8-10-23)25-18-27(25)32-13-1-2-26(33-28(36)22-5-3-20(19-31)4-6-22)29(37)35-17-16-34-14-11-24(35)12-15-34/h3-10,24-27,32H,1-2,11-19,31H2,(H,33,36)/t25-,26-,27+/m0/s1. The molecule has 3 heterocycles. The van der Waals surface area contributed by atoms with Gasteiger partial charge in [0.15, 0.2) is 0 Å². The lowest BCUT2D eigenvalue weighted by Crippen LogP contribution is -2.52. The van der Waals surface area contributed by atoms with E-state index in [1.807, 2.05) is 29.2 Å². The monoisotopic (exact) mass is 507 g/mol. The molecule has 3 atom stereocenters. The minimum atomic E-state index is -0.553. The highest BCUT2D eigenvalue weighted by Crippen LogP contribution is 2.40. The van der Waals surface area contributed by atoms with Crippen molar-refractivity contribution < 1.29 is 14.0 Å². The summed E-state index contributed by atoms with van der Waals surface area (Å²) >= 11 is 0.